The number of hydrogen-bond donors (Lipinski definition) is 0. The second-order valence-electron chi connectivity index (χ2n) is 5.94. The molecule has 118 valence electrons. The number of aromatic nitrogens is 2. The maximum Gasteiger partial charge on any atom is 0.318 e. The zero-order valence-electron chi connectivity index (χ0n) is 13.7. The third kappa shape index (κ3) is 2.80. The van der Waals surface area contributed by atoms with Crippen LogP contribution in [0.2, 0.25) is 0 Å². The van der Waals surface area contributed by atoms with Crippen molar-refractivity contribution < 1.29 is 4.74 Å². The van der Waals surface area contributed by atoms with E-state index in [1.807, 2.05) is 12.1 Å². The van der Waals surface area contributed by atoms with E-state index in [4.69, 9.17) is 9.72 Å². The van der Waals surface area contributed by atoms with Gasteiger partial charge in [0.25, 0.3) is 0 Å². The van der Waals surface area contributed by atoms with Crippen LogP contribution in [0.4, 0.5) is 11.5 Å². The smallest absolute Gasteiger partial charge is 0.318 e. The number of nitrogens with zero attached hydrogens (tertiary/aromatic N) is 4. The summed E-state index contributed by atoms with van der Waals surface area (Å²) in [5.41, 5.74) is 2.11. The van der Waals surface area contributed by atoms with Crippen LogP contribution in [0.5, 0.6) is 6.01 Å². The highest BCUT2D eigenvalue weighted by Gasteiger charge is 2.21. The van der Waals surface area contributed by atoms with Crippen molar-refractivity contribution in [1.82, 2.24) is 9.97 Å². The molecule has 1 fully saturated rings. The van der Waals surface area contributed by atoms with Gasteiger partial charge in [0, 0.05) is 32.9 Å². The largest absolute Gasteiger partial charge is 0.463 e. The topological polar surface area (TPSA) is 41.5 Å². The third-order valence-corrected chi connectivity index (χ3v) is 3.98. The molecule has 0 spiro atoms. The molecule has 0 N–H and O–H groups in total. The minimum Gasteiger partial charge on any atom is -0.463 e. The van der Waals surface area contributed by atoms with Crippen molar-refractivity contribution in [2.45, 2.75) is 26.2 Å². The standard InChI is InChI=1S/C17H24N4O/c1-4-12-22-17-18-13-8-7-9-14(20(2)3)15(13)16(19-17)21-10-5-6-11-21/h7-9H,4-6,10-12H2,1-3H3. The molecule has 2 aromatic rings. The van der Waals surface area contributed by atoms with Gasteiger partial charge < -0.3 is 14.5 Å². The first-order chi connectivity index (χ1) is 10.7. The summed E-state index contributed by atoms with van der Waals surface area (Å²) < 4.78 is 5.70. The first kappa shape index (κ1) is 14.9. The highest BCUT2D eigenvalue weighted by molar-refractivity contribution is 6.00. The lowest BCUT2D eigenvalue weighted by Gasteiger charge is -2.23. The SMILES string of the molecule is CCCOc1nc(N2CCCC2)c2c(N(C)C)cccc2n1. The molecule has 1 aliphatic heterocycles. The van der Waals surface area contributed by atoms with Crippen LogP contribution in [0.1, 0.15) is 26.2 Å². The highest BCUT2D eigenvalue weighted by Crippen LogP contribution is 2.35. The molecule has 0 bridgehead atoms. The van der Waals surface area contributed by atoms with Crippen LogP contribution in [0.25, 0.3) is 10.9 Å². The highest BCUT2D eigenvalue weighted by atomic mass is 16.5. The van der Waals surface area contributed by atoms with Gasteiger partial charge in [-0.3, -0.25) is 0 Å². The summed E-state index contributed by atoms with van der Waals surface area (Å²) in [5.74, 6) is 1.01. The van der Waals surface area contributed by atoms with Gasteiger partial charge in [0.2, 0.25) is 0 Å². The van der Waals surface area contributed by atoms with Gasteiger partial charge in [-0.05, 0) is 31.4 Å². The van der Waals surface area contributed by atoms with Gasteiger partial charge in [0.1, 0.15) is 5.82 Å². The molecule has 0 atom stereocenters. The Bertz CT molecular complexity index is 650. The number of rotatable bonds is 5. The Morgan fingerprint density at radius 2 is 1.95 bits per heavy atom. The molecule has 0 saturated carbocycles. The molecule has 0 unspecified atom stereocenters. The van der Waals surface area contributed by atoms with Gasteiger partial charge in [0.15, 0.2) is 0 Å². The maximum atomic E-state index is 5.70. The number of anilines is 2. The van der Waals surface area contributed by atoms with Crippen LogP contribution < -0.4 is 14.5 Å². The van der Waals surface area contributed by atoms with Crippen LogP contribution in [0.15, 0.2) is 18.2 Å². The van der Waals surface area contributed by atoms with Crippen LogP contribution in [0, 0.1) is 0 Å². The fraction of sp³-hybridized carbons (Fsp3) is 0.529. The summed E-state index contributed by atoms with van der Waals surface area (Å²) in [4.78, 5) is 13.8. The summed E-state index contributed by atoms with van der Waals surface area (Å²) in [6.07, 6.45) is 3.40. The quantitative estimate of drug-likeness (QED) is 0.849. The van der Waals surface area contributed by atoms with E-state index in [1.54, 1.807) is 0 Å². The fourth-order valence-electron chi connectivity index (χ4n) is 2.91. The molecule has 2 heterocycles. The van der Waals surface area contributed by atoms with E-state index in [2.05, 4.69) is 41.9 Å². The van der Waals surface area contributed by atoms with Crippen molar-refractivity contribution in [2.75, 3.05) is 43.6 Å². The van der Waals surface area contributed by atoms with Crippen molar-refractivity contribution >= 4 is 22.4 Å². The van der Waals surface area contributed by atoms with E-state index in [9.17, 15) is 0 Å². The molecule has 0 radical (unpaired) electrons. The molecule has 1 aromatic heterocycles. The third-order valence-electron chi connectivity index (χ3n) is 3.98. The predicted octanol–water partition coefficient (Wildman–Crippen LogP) is 3.08. The Labute approximate surface area is 131 Å². The van der Waals surface area contributed by atoms with Crippen molar-refractivity contribution in [3.05, 3.63) is 18.2 Å². The van der Waals surface area contributed by atoms with Gasteiger partial charge in [-0.15, -0.1) is 0 Å². The summed E-state index contributed by atoms with van der Waals surface area (Å²) >= 11 is 0. The molecule has 1 aliphatic rings. The second-order valence-corrected chi connectivity index (χ2v) is 5.94. The van der Waals surface area contributed by atoms with E-state index in [0.717, 1.165) is 41.9 Å². The van der Waals surface area contributed by atoms with Crippen molar-refractivity contribution in [2.24, 2.45) is 0 Å². The van der Waals surface area contributed by atoms with Gasteiger partial charge in [-0.1, -0.05) is 13.0 Å². The molecule has 1 saturated heterocycles. The summed E-state index contributed by atoms with van der Waals surface area (Å²) in [7, 11) is 4.12. The second kappa shape index (κ2) is 6.38. The predicted molar refractivity (Wildman–Crippen MR) is 91.1 cm³/mol. The molecule has 0 amide bonds. The normalized spacial score (nSPS) is 14.6. The van der Waals surface area contributed by atoms with Crippen LogP contribution in [0.3, 0.4) is 0 Å². The lowest BCUT2D eigenvalue weighted by atomic mass is 10.1. The molecular weight excluding hydrogens is 276 g/mol. The van der Waals surface area contributed by atoms with E-state index < -0.39 is 0 Å². The van der Waals surface area contributed by atoms with E-state index in [1.165, 1.54) is 12.8 Å². The molecule has 5 heteroatoms. The average Bonchev–Trinajstić information content (AvgIpc) is 3.05. The van der Waals surface area contributed by atoms with Crippen LogP contribution in [-0.4, -0.2) is 43.8 Å². The van der Waals surface area contributed by atoms with E-state index in [-0.39, 0.29) is 0 Å². The Hall–Kier alpha value is -2.04. The number of fused-ring (bicyclic) bond motifs is 1. The summed E-state index contributed by atoms with van der Waals surface area (Å²) in [6, 6.07) is 6.70. The molecular formula is C17H24N4O. The van der Waals surface area contributed by atoms with Crippen LogP contribution >= 0.6 is 0 Å². The Kier molecular flexibility index (Phi) is 4.32. The van der Waals surface area contributed by atoms with Crippen molar-refractivity contribution in [3.8, 4) is 6.01 Å². The fourth-order valence-corrected chi connectivity index (χ4v) is 2.91. The lowest BCUT2D eigenvalue weighted by molar-refractivity contribution is 0.293. The first-order valence-corrected chi connectivity index (χ1v) is 8.06. The Balaban J connectivity index is 2.16. The Morgan fingerprint density at radius 1 is 1.18 bits per heavy atom. The van der Waals surface area contributed by atoms with E-state index in [0.29, 0.717) is 12.6 Å². The maximum absolute atomic E-state index is 5.70. The zero-order valence-corrected chi connectivity index (χ0v) is 13.7. The zero-order chi connectivity index (χ0) is 15.5. The van der Waals surface area contributed by atoms with Gasteiger partial charge >= 0.3 is 6.01 Å². The van der Waals surface area contributed by atoms with Gasteiger partial charge in [-0.2, -0.15) is 9.97 Å². The number of benzene rings is 1. The Morgan fingerprint density at radius 3 is 2.64 bits per heavy atom. The summed E-state index contributed by atoms with van der Waals surface area (Å²) in [5, 5.41) is 1.12. The molecule has 3 rings (SSSR count). The molecule has 0 aliphatic carbocycles. The van der Waals surface area contributed by atoms with Crippen molar-refractivity contribution in [1.29, 1.82) is 0 Å². The molecule has 22 heavy (non-hydrogen) atoms. The van der Waals surface area contributed by atoms with Gasteiger partial charge in [-0.25, -0.2) is 0 Å². The molecule has 5 nitrogen and oxygen atoms in total. The average molecular weight is 300 g/mol. The summed E-state index contributed by atoms with van der Waals surface area (Å²) in [6.45, 7) is 4.85. The van der Waals surface area contributed by atoms with Crippen LogP contribution in [-0.2, 0) is 0 Å². The number of hydrogen-bond acceptors (Lipinski definition) is 5. The lowest BCUT2D eigenvalue weighted by Crippen LogP contribution is -2.21. The molecule has 1 aromatic carbocycles. The monoisotopic (exact) mass is 300 g/mol. The van der Waals surface area contributed by atoms with Gasteiger partial charge in [0.05, 0.1) is 17.5 Å². The number of ether oxygens (including phenoxy) is 1. The first-order valence-electron chi connectivity index (χ1n) is 8.06. The minimum absolute atomic E-state index is 0.493. The van der Waals surface area contributed by atoms with E-state index >= 15 is 0 Å². The van der Waals surface area contributed by atoms with Crippen molar-refractivity contribution in [3.63, 3.8) is 0 Å². The minimum atomic E-state index is 0.493.